The average Bonchev–Trinajstić information content (AvgIpc) is 2.46. The third-order valence-electron chi connectivity index (χ3n) is 3.50. The fourth-order valence-corrected chi connectivity index (χ4v) is 3.00. The molecule has 4 heteroatoms. The third-order valence-corrected chi connectivity index (χ3v) is 3.93. The molecule has 0 bridgehead atoms. The summed E-state index contributed by atoms with van der Waals surface area (Å²) in [5.74, 6) is 0.984. The number of hydrogen-bond donors (Lipinski definition) is 1. The van der Waals surface area contributed by atoms with Crippen LogP contribution in [0, 0.1) is 0 Å². The molecule has 1 aliphatic rings. The lowest BCUT2D eigenvalue weighted by Crippen LogP contribution is -2.26. The van der Waals surface area contributed by atoms with E-state index in [1.54, 1.807) is 0 Å². The van der Waals surface area contributed by atoms with Crippen LogP contribution in [0.25, 0.3) is 0 Å². The first kappa shape index (κ1) is 12.6. The van der Waals surface area contributed by atoms with Crippen molar-refractivity contribution >= 4 is 27.4 Å². The van der Waals surface area contributed by atoms with E-state index in [0.717, 1.165) is 35.2 Å². The van der Waals surface area contributed by atoms with Crippen LogP contribution >= 0.6 is 15.9 Å². The maximum Gasteiger partial charge on any atom is 0.137 e. The Labute approximate surface area is 121 Å². The Balaban J connectivity index is 2.09. The van der Waals surface area contributed by atoms with E-state index in [-0.39, 0.29) is 0 Å². The van der Waals surface area contributed by atoms with Gasteiger partial charge in [0.15, 0.2) is 0 Å². The highest BCUT2D eigenvalue weighted by molar-refractivity contribution is 9.10. The zero-order valence-electron chi connectivity index (χ0n) is 10.6. The molecule has 0 aliphatic carbocycles. The molecule has 2 N–H and O–H groups in total. The molecule has 0 fully saturated rings. The van der Waals surface area contributed by atoms with E-state index < -0.39 is 0 Å². The second kappa shape index (κ2) is 5.31. The van der Waals surface area contributed by atoms with Crippen molar-refractivity contribution in [2.75, 3.05) is 11.4 Å². The topological polar surface area (TPSA) is 42.1 Å². The highest BCUT2D eigenvalue weighted by Crippen LogP contribution is 2.34. The van der Waals surface area contributed by atoms with E-state index in [1.165, 1.54) is 11.3 Å². The smallest absolute Gasteiger partial charge is 0.137 e. The lowest BCUT2D eigenvalue weighted by Gasteiger charge is -2.31. The minimum atomic E-state index is 0.500. The van der Waals surface area contributed by atoms with Crippen LogP contribution in [-0.4, -0.2) is 11.5 Å². The zero-order chi connectivity index (χ0) is 13.2. The van der Waals surface area contributed by atoms with E-state index in [0.29, 0.717) is 6.54 Å². The van der Waals surface area contributed by atoms with Crippen molar-refractivity contribution < 1.29 is 0 Å². The number of benzene rings is 1. The molecule has 0 saturated heterocycles. The summed E-state index contributed by atoms with van der Waals surface area (Å²) < 4.78 is 0.974. The number of aromatic nitrogens is 1. The van der Waals surface area contributed by atoms with Gasteiger partial charge in [0.1, 0.15) is 5.82 Å². The normalized spacial score (nSPS) is 14.3. The summed E-state index contributed by atoms with van der Waals surface area (Å²) in [7, 11) is 0. The first-order valence-electron chi connectivity index (χ1n) is 6.49. The van der Waals surface area contributed by atoms with Crippen LogP contribution in [0.5, 0.6) is 0 Å². The van der Waals surface area contributed by atoms with Crippen LogP contribution in [0.2, 0.25) is 0 Å². The van der Waals surface area contributed by atoms with Crippen molar-refractivity contribution in [3.05, 3.63) is 52.1 Å². The molecule has 0 saturated carbocycles. The number of pyridine rings is 1. The number of hydrogen-bond acceptors (Lipinski definition) is 3. The average molecular weight is 318 g/mol. The van der Waals surface area contributed by atoms with Gasteiger partial charge in [-0.15, -0.1) is 0 Å². The molecular formula is C15H16BrN3. The number of rotatable bonds is 2. The van der Waals surface area contributed by atoms with Gasteiger partial charge in [-0.3, -0.25) is 0 Å². The minimum Gasteiger partial charge on any atom is -0.326 e. The second-order valence-corrected chi connectivity index (χ2v) is 5.64. The first-order chi connectivity index (χ1) is 9.29. The van der Waals surface area contributed by atoms with Crippen LogP contribution in [0.4, 0.5) is 11.5 Å². The van der Waals surface area contributed by atoms with E-state index in [1.807, 2.05) is 6.20 Å². The third kappa shape index (κ3) is 2.38. The number of nitrogens with zero attached hydrogens (tertiary/aromatic N) is 2. The Hall–Kier alpha value is -1.39. The van der Waals surface area contributed by atoms with Gasteiger partial charge in [-0.25, -0.2) is 4.98 Å². The van der Waals surface area contributed by atoms with Crippen LogP contribution in [0.15, 0.2) is 41.0 Å². The summed E-state index contributed by atoms with van der Waals surface area (Å²) in [4.78, 5) is 6.86. The molecule has 3 nitrogen and oxygen atoms in total. The van der Waals surface area contributed by atoms with Crippen molar-refractivity contribution in [1.29, 1.82) is 0 Å². The maximum atomic E-state index is 5.86. The predicted octanol–water partition coefficient (Wildman–Crippen LogP) is 3.39. The van der Waals surface area contributed by atoms with Gasteiger partial charge < -0.3 is 10.6 Å². The van der Waals surface area contributed by atoms with E-state index in [4.69, 9.17) is 5.73 Å². The Morgan fingerprint density at radius 2 is 2.16 bits per heavy atom. The molecule has 1 aromatic carbocycles. The van der Waals surface area contributed by atoms with Gasteiger partial charge in [-0.1, -0.05) is 18.2 Å². The van der Waals surface area contributed by atoms with E-state index in [9.17, 15) is 0 Å². The quantitative estimate of drug-likeness (QED) is 0.923. The molecule has 0 unspecified atom stereocenters. The van der Waals surface area contributed by atoms with Crippen molar-refractivity contribution in [1.82, 2.24) is 4.98 Å². The van der Waals surface area contributed by atoms with Crippen LogP contribution in [0.3, 0.4) is 0 Å². The molecule has 1 aromatic heterocycles. The van der Waals surface area contributed by atoms with E-state index in [2.05, 4.69) is 56.1 Å². The fraction of sp³-hybridized carbons (Fsp3) is 0.267. The van der Waals surface area contributed by atoms with Crippen LogP contribution in [0.1, 0.15) is 17.5 Å². The van der Waals surface area contributed by atoms with E-state index >= 15 is 0 Å². The van der Waals surface area contributed by atoms with Gasteiger partial charge in [-0.05, 0) is 46.5 Å². The van der Waals surface area contributed by atoms with Crippen molar-refractivity contribution in [2.24, 2.45) is 5.73 Å². The van der Waals surface area contributed by atoms with Crippen molar-refractivity contribution in [3.8, 4) is 0 Å². The minimum absolute atomic E-state index is 0.500. The Bertz CT molecular complexity index is 598. The summed E-state index contributed by atoms with van der Waals surface area (Å²) in [5, 5.41) is 0. The predicted molar refractivity (Wildman–Crippen MR) is 81.6 cm³/mol. The summed E-state index contributed by atoms with van der Waals surface area (Å²) in [6, 6.07) is 10.6. The molecular weight excluding hydrogens is 302 g/mol. The molecule has 2 heterocycles. The first-order valence-corrected chi connectivity index (χ1v) is 7.29. The van der Waals surface area contributed by atoms with Gasteiger partial charge in [0.2, 0.25) is 0 Å². The standard InChI is InChI=1S/C15H16BrN3/c16-13-8-12(9-17)15(18-10-13)19-7-3-5-11-4-1-2-6-14(11)19/h1-2,4,6,8,10H,3,5,7,9,17H2. The summed E-state index contributed by atoms with van der Waals surface area (Å²) in [5.41, 5.74) is 9.59. The highest BCUT2D eigenvalue weighted by Gasteiger charge is 2.20. The van der Waals surface area contributed by atoms with Crippen LogP contribution < -0.4 is 10.6 Å². The molecule has 0 atom stereocenters. The monoisotopic (exact) mass is 317 g/mol. The number of halogens is 1. The summed E-state index contributed by atoms with van der Waals surface area (Å²) in [6.07, 6.45) is 4.13. The van der Waals surface area contributed by atoms with Gasteiger partial charge in [0.25, 0.3) is 0 Å². The largest absolute Gasteiger partial charge is 0.326 e. The van der Waals surface area contributed by atoms with Gasteiger partial charge in [0.05, 0.1) is 0 Å². The molecule has 1 aliphatic heterocycles. The Kier molecular flexibility index (Phi) is 3.53. The van der Waals surface area contributed by atoms with Gasteiger partial charge in [0, 0.05) is 35.0 Å². The lowest BCUT2D eigenvalue weighted by atomic mass is 10.0. The number of para-hydroxylation sites is 1. The SMILES string of the molecule is NCc1cc(Br)cnc1N1CCCc2ccccc21. The van der Waals surface area contributed by atoms with Crippen molar-refractivity contribution in [2.45, 2.75) is 19.4 Å². The second-order valence-electron chi connectivity index (χ2n) is 4.72. The van der Waals surface area contributed by atoms with Crippen molar-refractivity contribution in [3.63, 3.8) is 0 Å². The molecule has 98 valence electrons. The zero-order valence-corrected chi connectivity index (χ0v) is 12.2. The summed E-state index contributed by atoms with van der Waals surface area (Å²) in [6.45, 7) is 1.50. The van der Waals surface area contributed by atoms with Crippen LogP contribution in [-0.2, 0) is 13.0 Å². The molecule has 0 spiro atoms. The Morgan fingerprint density at radius 1 is 1.32 bits per heavy atom. The molecule has 2 aromatic rings. The number of nitrogens with two attached hydrogens (primary N) is 1. The molecule has 0 radical (unpaired) electrons. The molecule has 19 heavy (non-hydrogen) atoms. The lowest BCUT2D eigenvalue weighted by molar-refractivity contribution is 0.755. The number of fused-ring (bicyclic) bond motifs is 1. The number of aryl methyl sites for hydroxylation is 1. The number of anilines is 2. The molecule has 3 rings (SSSR count). The summed E-state index contributed by atoms with van der Waals surface area (Å²) >= 11 is 3.46. The Morgan fingerprint density at radius 3 is 3.00 bits per heavy atom. The maximum absolute atomic E-state index is 5.86. The fourth-order valence-electron chi connectivity index (χ4n) is 2.62. The highest BCUT2D eigenvalue weighted by atomic mass is 79.9. The molecule has 0 amide bonds. The van der Waals surface area contributed by atoms with Gasteiger partial charge >= 0.3 is 0 Å². The van der Waals surface area contributed by atoms with Gasteiger partial charge in [-0.2, -0.15) is 0 Å².